The fourth-order valence-electron chi connectivity index (χ4n) is 3.88. The van der Waals surface area contributed by atoms with Crippen LogP contribution in [0.5, 0.6) is 0 Å². The highest BCUT2D eigenvalue weighted by atomic mass is 19.4. The molecule has 2 aliphatic heterocycles. The molecule has 1 saturated heterocycles. The van der Waals surface area contributed by atoms with Crippen LogP contribution in [0.25, 0.3) is 5.57 Å². The van der Waals surface area contributed by atoms with E-state index in [-0.39, 0.29) is 22.5 Å². The average Bonchev–Trinajstić information content (AvgIpc) is 3.02. The predicted octanol–water partition coefficient (Wildman–Crippen LogP) is 5.49. The van der Waals surface area contributed by atoms with Crippen LogP contribution in [-0.2, 0) is 11.0 Å². The summed E-state index contributed by atoms with van der Waals surface area (Å²) in [5.74, 6) is -0.591. The highest BCUT2D eigenvalue weighted by Gasteiger charge is 2.36. The number of alkyl halides is 3. The van der Waals surface area contributed by atoms with Crippen molar-refractivity contribution < 1.29 is 22.4 Å². The van der Waals surface area contributed by atoms with E-state index in [1.54, 1.807) is 11.0 Å². The average molecular weight is 419 g/mol. The molecular weight excluding hydrogens is 398 g/mol. The maximum atomic E-state index is 14.1. The number of carbonyl (C=O) groups excluding carboxylic acids is 1. The molecule has 1 amide bonds. The zero-order valence-electron chi connectivity index (χ0n) is 16.3. The second-order valence-electron chi connectivity index (χ2n) is 7.72. The van der Waals surface area contributed by atoms with E-state index in [0.29, 0.717) is 24.7 Å². The molecule has 0 radical (unpaired) electrons. The van der Waals surface area contributed by atoms with Gasteiger partial charge in [0.05, 0.1) is 16.8 Å². The molecule has 4 rings (SSSR count). The van der Waals surface area contributed by atoms with Gasteiger partial charge in [0.1, 0.15) is 5.82 Å². The number of rotatable bonds is 3. The molecule has 1 fully saturated rings. The number of hydrogen-bond acceptors (Lipinski definition) is 3. The van der Waals surface area contributed by atoms with Crippen molar-refractivity contribution in [3.63, 3.8) is 0 Å². The van der Waals surface area contributed by atoms with Gasteiger partial charge in [-0.05, 0) is 49.1 Å². The van der Waals surface area contributed by atoms with Gasteiger partial charge in [0.15, 0.2) is 0 Å². The molecule has 2 aromatic carbocycles. The Morgan fingerprint density at radius 2 is 1.90 bits per heavy atom. The van der Waals surface area contributed by atoms with Crippen molar-refractivity contribution in [1.29, 1.82) is 0 Å². The van der Waals surface area contributed by atoms with Crippen molar-refractivity contribution in [2.75, 3.05) is 28.6 Å². The van der Waals surface area contributed by atoms with E-state index in [2.05, 4.69) is 17.6 Å². The minimum atomic E-state index is -4.52. The van der Waals surface area contributed by atoms with E-state index in [1.807, 2.05) is 0 Å². The fraction of sp³-hybridized carbons (Fsp3) is 0.318. The summed E-state index contributed by atoms with van der Waals surface area (Å²) in [6, 6.07) is 8.27. The van der Waals surface area contributed by atoms with E-state index in [4.69, 9.17) is 0 Å². The molecule has 158 valence electrons. The quantitative estimate of drug-likeness (QED) is 0.511. The third-order valence-corrected chi connectivity index (χ3v) is 5.59. The number of carbonyl (C=O) groups is 1. The summed E-state index contributed by atoms with van der Waals surface area (Å²) in [5.41, 5.74) is 0.0570. The third kappa shape index (κ3) is 3.86. The van der Waals surface area contributed by atoms with Gasteiger partial charge < -0.3 is 15.5 Å². The lowest BCUT2D eigenvalue weighted by Crippen LogP contribution is -2.34. The summed E-state index contributed by atoms with van der Waals surface area (Å²) in [7, 11) is 0. The normalized spacial score (nSPS) is 18.5. The standard InChI is InChI=1S/C22H21F4N3O/c1-13-7-9-29(10-8-13)19-6-5-14(11-16(19)22(24,25)26)27-12-15-20-17(23)3-2-4-18(20)28-21(15)30/h2-6,11-13,27H,7-10H2,1H3,(H,28,30). The number of hydrogen-bond donors (Lipinski definition) is 2. The first-order valence-corrected chi connectivity index (χ1v) is 9.77. The zero-order valence-corrected chi connectivity index (χ0v) is 16.3. The highest BCUT2D eigenvalue weighted by Crippen LogP contribution is 2.40. The Balaban J connectivity index is 1.63. The van der Waals surface area contributed by atoms with Gasteiger partial charge in [0, 0.05) is 36.2 Å². The van der Waals surface area contributed by atoms with Crippen LogP contribution in [0.4, 0.5) is 34.6 Å². The monoisotopic (exact) mass is 419 g/mol. The van der Waals surface area contributed by atoms with Crippen LogP contribution < -0.4 is 15.5 Å². The first-order chi connectivity index (χ1) is 14.2. The van der Waals surface area contributed by atoms with Crippen LogP contribution in [-0.4, -0.2) is 19.0 Å². The molecule has 2 heterocycles. The van der Waals surface area contributed by atoms with E-state index < -0.39 is 23.5 Å². The summed E-state index contributed by atoms with van der Waals surface area (Å²) < 4.78 is 55.3. The Bertz CT molecular complexity index is 1010. The molecule has 2 N–H and O–H groups in total. The Labute approximate surface area is 171 Å². The van der Waals surface area contributed by atoms with Gasteiger partial charge in [0.25, 0.3) is 5.91 Å². The lowest BCUT2D eigenvalue weighted by atomic mass is 9.98. The van der Waals surface area contributed by atoms with E-state index in [1.165, 1.54) is 30.5 Å². The lowest BCUT2D eigenvalue weighted by Gasteiger charge is -2.34. The SMILES string of the molecule is CC1CCN(c2ccc(NC=C3C(=O)Nc4cccc(F)c43)cc2C(F)(F)F)CC1. The molecule has 0 bridgehead atoms. The molecule has 0 spiro atoms. The van der Waals surface area contributed by atoms with Gasteiger partial charge >= 0.3 is 6.18 Å². The summed E-state index contributed by atoms with van der Waals surface area (Å²) in [4.78, 5) is 13.9. The van der Waals surface area contributed by atoms with Gasteiger partial charge in [-0.25, -0.2) is 4.39 Å². The number of nitrogens with one attached hydrogen (secondary N) is 2. The Hall–Kier alpha value is -3.03. The summed E-state index contributed by atoms with van der Waals surface area (Å²) >= 11 is 0. The van der Waals surface area contributed by atoms with E-state index in [9.17, 15) is 22.4 Å². The molecule has 2 aromatic rings. The maximum absolute atomic E-state index is 14.1. The topological polar surface area (TPSA) is 44.4 Å². The van der Waals surface area contributed by atoms with Crippen LogP contribution in [0.1, 0.15) is 30.9 Å². The number of amides is 1. The maximum Gasteiger partial charge on any atom is 0.418 e. The number of anilines is 3. The third-order valence-electron chi connectivity index (χ3n) is 5.59. The largest absolute Gasteiger partial charge is 0.418 e. The molecule has 0 atom stereocenters. The Morgan fingerprint density at radius 1 is 1.17 bits per heavy atom. The van der Waals surface area contributed by atoms with Gasteiger partial charge in [-0.2, -0.15) is 13.2 Å². The minimum absolute atomic E-state index is 0.0331. The molecule has 0 aromatic heterocycles. The second-order valence-corrected chi connectivity index (χ2v) is 7.72. The lowest BCUT2D eigenvalue weighted by molar-refractivity contribution is -0.137. The van der Waals surface area contributed by atoms with Crippen LogP contribution in [0.15, 0.2) is 42.6 Å². The Morgan fingerprint density at radius 3 is 2.60 bits per heavy atom. The van der Waals surface area contributed by atoms with Crippen molar-refractivity contribution >= 4 is 28.5 Å². The van der Waals surface area contributed by atoms with Gasteiger partial charge in [-0.3, -0.25) is 4.79 Å². The molecule has 0 aliphatic carbocycles. The number of benzene rings is 2. The Kier molecular flexibility index (Phi) is 5.17. The molecule has 0 saturated carbocycles. The molecule has 2 aliphatic rings. The highest BCUT2D eigenvalue weighted by molar-refractivity contribution is 6.31. The van der Waals surface area contributed by atoms with Crippen molar-refractivity contribution in [3.05, 3.63) is 59.5 Å². The number of nitrogens with zero attached hydrogens (tertiary/aromatic N) is 1. The number of piperidine rings is 1. The van der Waals surface area contributed by atoms with Crippen LogP contribution in [0.2, 0.25) is 0 Å². The molecule has 0 unspecified atom stereocenters. The van der Waals surface area contributed by atoms with Crippen LogP contribution in [0.3, 0.4) is 0 Å². The minimum Gasteiger partial charge on any atom is -0.371 e. The van der Waals surface area contributed by atoms with Crippen LogP contribution in [0, 0.1) is 11.7 Å². The van der Waals surface area contributed by atoms with Crippen molar-refractivity contribution in [3.8, 4) is 0 Å². The first kappa shape index (κ1) is 20.3. The van der Waals surface area contributed by atoms with Crippen molar-refractivity contribution in [1.82, 2.24) is 0 Å². The number of halogens is 4. The zero-order chi connectivity index (χ0) is 21.5. The van der Waals surface area contributed by atoms with Gasteiger partial charge in [-0.15, -0.1) is 0 Å². The number of fused-ring (bicyclic) bond motifs is 1. The van der Waals surface area contributed by atoms with E-state index >= 15 is 0 Å². The van der Waals surface area contributed by atoms with Gasteiger partial charge in [-0.1, -0.05) is 13.0 Å². The van der Waals surface area contributed by atoms with Gasteiger partial charge in [0.2, 0.25) is 0 Å². The summed E-state index contributed by atoms with van der Waals surface area (Å²) in [6.07, 6.45) is -1.58. The molecular formula is C22H21F4N3O. The molecule has 30 heavy (non-hydrogen) atoms. The second kappa shape index (κ2) is 7.66. The molecule has 4 nitrogen and oxygen atoms in total. The fourth-order valence-corrected chi connectivity index (χ4v) is 3.88. The van der Waals surface area contributed by atoms with Crippen LogP contribution >= 0.6 is 0 Å². The summed E-state index contributed by atoms with van der Waals surface area (Å²) in [5, 5.41) is 5.27. The predicted molar refractivity (Wildman–Crippen MR) is 109 cm³/mol. The molecule has 8 heteroatoms. The van der Waals surface area contributed by atoms with Crippen molar-refractivity contribution in [2.24, 2.45) is 5.92 Å². The van der Waals surface area contributed by atoms with Crippen molar-refractivity contribution in [2.45, 2.75) is 25.9 Å². The van der Waals surface area contributed by atoms with E-state index in [0.717, 1.165) is 18.9 Å². The summed E-state index contributed by atoms with van der Waals surface area (Å²) in [6.45, 7) is 3.26. The smallest absolute Gasteiger partial charge is 0.371 e. The first-order valence-electron chi connectivity index (χ1n) is 9.77.